The molecule has 100 valence electrons. The SMILES string of the molecule is CC(C)(N)CCC1(c2cc(Br)ccc2F)COC1. The topological polar surface area (TPSA) is 35.2 Å². The van der Waals surface area contributed by atoms with Gasteiger partial charge in [0.15, 0.2) is 0 Å². The Kier molecular flexibility index (Phi) is 3.81. The van der Waals surface area contributed by atoms with Gasteiger partial charge in [-0.2, -0.15) is 0 Å². The Morgan fingerprint density at radius 1 is 1.44 bits per heavy atom. The van der Waals surface area contributed by atoms with E-state index in [0.29, 0.717) is 13.2 Å². The highest BCUT2D eigenvalue weighted by molar-refractivity contribution is 9.10. The fourth-order valence-electron chi connectivity index (χ4n) is 2.25. The van der Waals surface area contributed by atoms with Gasteiger partial charge in [0.1, 0.15) is 5.82 Å². The minimum absolute atomic E-state index is 0.156. The van der Waals surface area contributed by atoms with Crippen LogP contribution in [0, 0.1) is 5.82 Å². The zero-order valence-electron chi connectivity index (χ0n) is 10.8. The summed E-state index contributed by atoms with van der Waals surface area (Å²) in [5.41, 5.74) is 6.33. The van der Waals surface area contributed by atoms with E-state index in [4.69, 9.17) is 10.5 Å². The third-order valence-electron chi connectivity index (χ3n) is 3.50. The van der Waals surface area contributed by atoms with Crippen LogP contribution in [0.4, 0.5) is 4.39 Å². The molecule has 18 heavy (non-hydrogen) atoms. The monoisotopic (exact) mass is 315 g/mol. The van der Waals surface area contributed by atoms with E-state index in [1.807, 2.05) is 19.9 Å². The molecule has 0 aliphatic carbocycles. The molecule has 0 unspecified atom stereocenters. The first kappa shape index (κ1) is 14.0. The largest absolute Gasteiger partial charge is 0.379 e. The van der Waals surface area contributed by atoms with E-state index in [-0.39, 0.29) is 16.8 Å². The van der Waals surface area contributed by atoms with Gasteiger partial charge < -0.3 is 10.5 Å². The van der Waals surface area contributed by atoms with Crippen LogP contribution in [-0.2, 0) is 10.2 Å². The van der Waals surface area contributed by atoms with Crippen LogP contribution < -0.4 is 5.73 Å². The van der Waals surface area contributed by atoms with E-state index in [2.05, 4.69) is 15.9 Å². The maximum absolute atomic E-state index is 14.0. The molecule has 0 saturated carbocycles. The molecule has 0 atom stereocenters. The fraction of sp³-hybridized carbons (Fsp3) is 0.571. The molecule has 2 nitrogen and oxygen atoms in total. The van der Waals surface area contributed by atoms with Crippen molar-refractivity contribution in [3.63, 3.8) is 0 Å². The molecule has 1 saturated heterocycles. The van der Waals surface area contributed by atoms with Crippen molar-refractivity contribution in [3.8, 4) is 0 Å². The molecule has 1 aromatic rings. The molecule has 0 spiro atoms. The highest BCUT2D eigenvalue weighted by Crippen LogP contribution is 2.40. The lowest BCUT2D eigenvalue weighted by atomic mass is 9.73. The Morgan fingerprint density at radius 2 is 2.11 bits per heavy atom. The Balaban J connectivity index is 2.24. The van der Waals surface area contributed by atoms with Gasteiger partial charge >= 0.3 is 0 Å². The second-order valence-electron chi connectivity index (χ2n) is 5.89. The van der Waals surface area contributed by atoms with Gasteiger partial charge in [-0.25, -0.2) is 4.39 Å². The van der Waals surface area contributed by atoms with Crippen LogP contribution in [0.2, 0.25) is 0 Å². The third-order valence-corrected chi connectivity index (χ3v) is 4.00. The average molecular weight is 316 g/mol. The minimum Gasteiger partial charge on any atom is -0.379 e. The predicted molar refractivity (Wildman–Crippen MR) is 74.1 cm³/mol. The first-order valence-corrected chi connectivity index (χ1v) is 6.94. The van der Waals surface area contributed by atoms with Crippen molar-refractivity contribution in [2.45, 2.75) is 37.6 Å². The van der Waals surface area contributed by atoms with Crippen LogP contribution in [-0.4, -0.2) is 18.8 Å². The number of ether oxygens (including phenoxy) is 1. The maximum Gasteiger partial charge on any atom is 0.127 e. The molecule has 1 aliphatic heterocycles. The Morgan fingerprint density at radius 3 is 2.61 bits per heavy atom. The summed E-state index contributed by atoms with van der Waals surface area (Å²) < 4.78 is 20.2. The van der Waals surface area contributed by atoms with Crippen LogP contribution >= 0.6 is 15.9 Å². The zero-order chi connectivity index (χ0) is 13.4. The van der Waals surface area contributed by atoms with Gasteiger partial charge in [-0.15, -0.1) is 0 Å². The molecule has 2 N–H and O–H groups in total. The molecular weight excluding hydrogens is 297 g/mol. The highest BCUT2D eigenvalue weighted by Gasteiger charge is 2.42. The molecule has 1 aromatic carbocycles. The molecule has 0 amide bonds. The third kappa shape index (κ3) is 2.92. The van der Waals surface area contributed by atoms with Crippen molar-refractivity contribution in [1.82, 2.24) is 0 Å². The Hall–Kier alpha value is -0.450. The molecule has 4 heteroatoms. The van der Waals surface area contributed by atoms with Gasteiger partial charge in [0, 0.05) is 15.4 Å². The summed E-state index contributed by atoms with van der Waals surface area (Å²) in [6.45, 7) is 5.15. The van der Waals surface area contributed by atoms with E-state index in [1.54, 1.807) is 6.07 Å². The Bertz CT molecular complexity index is 438. The lowest BCUT2D eigenvalue weighted by Gasteiger charge is -2.43. The van der Waals surface area contributed by atoms with Crippen LogP contribution in [0.5, 0.6) is 0 Å². The number of rotatable bonds is 4. The predicted octanol–water partition coefficient (Wildman–Crippen LogP) is 3.37. The molecule has 0 bridgehead atoms. The van der Waals surface area contributed by atoms with Crippen LogP contribution in [0.1, 0.15) is 32.3 Å². The van der Waals surface area contributed by atoms with E-state index >= 15 is 0 Å². The quantitative estimate of drug-likeness (QED) is 0.924. The molecule has 1 fully saturated rings. The van der Waals surface area contributed by atoms with E-state index in [9.17, 15) is 4.39 Å². The molecule has 1 aliphatic rings. The number of benzene rings is 1. The van der Waals surface area contributed by atoms with Crippen LogP contribution in [0.25, 0.3) is 0 Å². The van der Waals surface area contributed by atoms with Crippen molar-refractivity contribution in [2.24, 2.45) is 5.73 Å². The van der Waals surface area contributed by atoms with Gasteiger partial charge in [-0.05, 0) is 50.5 Å². The first-order valence-electron chi connectivity index (χ1n) is 6.15. The molecule has 0 radical (unpaired) electrons. The van der Waals surface area contributed by atoms with E-state index in [1.165, 1.54) is 6.07 Å². The van der Waals surface area contributed by atoms with Crippen LogP contribution in [0.15, 0.2) is 22.7 Å². The maximum atomic E-state index is 14.0. The summed E-state index contributed by atoms with van der Waals surface area (Å²) >= 11 is 3.40. The Labute approximate surface area is 116 Å². The van der Waals surface area contributed by atoms with Crippen molar-refractivity contribution in [1.29, 1.82) is 0 Å². The van der Waals surface area contributed by atoms with Crippen molar-refractivity contribution in [3.05, 3.63) is 34.1 Å². The summed E-state index contributed by atoms with van der Waals surface area (Å²) in [4.78, 5) is 0. The van der Waals surface area contributed by atoms with Crippen molar-refractivity contribution < 1.29 is 9.13 Å². The van der Waals surface area contributed by atoms with Gasteiger partial charge in [-0.3, -0.25) is 0 Å². The summed E-state index contributed by atoms with van der Waals surface area (Å²) in [6, 6.07) is 5.09. The average Bonchev–Trinajstić information content (AvgIpc) is 2.20. The smallest absolute Gasteiger partial charge is 0.127 e. The van der Waals surface area contributed by atoms with E-state index in [0.717, 1.165) is 22.9 Å². The normalized spacial score (nSPS) is 18.5. The summed E-state index contributed by atoms with van der Waals surface area (Å²) in [7, 11) is 0. The molecule has 0 aromatic heterocycles. The second-order valence-corrected chi connectivity index (χ2v) is 6.80. The van der Waals surface area contributed by atoms with Gasteiger partial charge in [-0.1, -0.05) is 15.9 Å². The van der Waals surface area contributed by atoms with E-state index < -0.39 is 0 Å². The van der Waals surface area contributed by atoms with Crippen molar-refractivity contribution in [2.75, 3.05) is 13.2 Å². The fourth-order valence-corrected chi connectivity index (χ4v) is 2.61. The van der Waals surface area contributed by atoms with Gasteiger partial charge in [0.05, 0.1) is 13.2 Å². The van der Waals surface area contributed by atoms with Gasteiger partial charge in [0.2, 0.25) is 0 Å². The minimum atomic E-state index is -0.231. The summed E-state index contributed by atoms with van der Waals surface area (Å²) in [5, 5.41) is 0. The molecule has 1 heterocycles. The lowest BCUT2D eigenvalue weighted by Crippen LogP contribution is -2.49. The van der Waals surface area contributed by atoms with Gasteiger partial charge in [0.25, 0.3) is 0 Å². The molecular formula is C14H19BrFNO. The number of halogens is 2. The number of nitrogens with two attached hydrogens (primary N) is 1. The number of hydrogen-bond acceptors (Lipinski definition) is 2. The zero-order valence-corrected chi connectivity index (χ0v) is 12.4. The van der Waals surface area contributed by atoms with Crippen molar-refractivity contribution >= 4 is 15.9 Å². The second kappa shape index (κ2) is 4.91. The standard InChI is InChI=1S/C14H19BrFNO/c1-13(2,17)5-6-14(8-18-9-14)11-7-10(15)3-4-12(11)16/h3-4,7H,5-6,8-9,17H2,1-2H3. The molecule has 2 rings (SSSR count). The summed E-state index contributed by atoms with van der Waals surface area (Å²) in [5.74, 6) is -0.156. The summed E-state index contributed by atoms with van der Waals surface area (Å²) in [6.07, 6.45) is 1.70. The number of hydrogen-bond donors (Lipinski definition) is 1. The first-order chi connectivity index (χ1) is 8.32. The van der Waals surface area contributed by atoms with Crippen LogP contribution in [0.3, 0.4) is 0 Å². The highest BCUT2D eigenvalue weighted by atomic mass is 79.9. The lowest BCUT2D eigenvalue weighted by molar-refractivity contribution is -0.0685.